The molecule has 180 valence electrons. The van der Waals surface area contributed by atoms with Crippen LogP contribution in [0.2, 0.25) is 0 Å². The number of nitro groups is 1. The zero-order chi connectivity index (χ0) is 25.2. The predicted molar refractivity (Wildman–Crippen MR) is 133 cm³/mol. The van der Waals surface area contributed by atoms with Crippen molar-refractivity contribution in [2.75, 3.05) is 6.61 Å². The van der Waals surface area contributed by atoms with Crippen LogP contribution in [0.1, 0.15) is 36.8 Å². The Bertz CT molecular complexity index is 1610. The van der Waals surface area contributed by atoms with E-state index >= 15 is 0 Å². The molecule has 0 fully saturated rings. The Morgan fingerprint density at radius 2 is 1.63 bits per heavy atom. The molecule has 0 spiro atoms. The molecule has 1 atom stereocenters. The first-order chi connectivity index (χ1) is 16.5. The van der Waals surface area contributed by atoms with Gasteiger partial charge in [-0.05, 0) is 44.0 Å². The molecular weight excluding hydrogens is 448 g/mol. The van der Waals surface area contributed by atoms with E-state index < -0.39 is 22.3 Å². The first kappa shape index (κ1) is 22.8. The SMILES string of the molecule is Cc1ccc(-c2c3c(=O)n(C)c(=O)n(C)c3c3n2C(C)(C)CO[C@H]3c2ccc([N+](=O)[O-])cc2)cc1. The lowest BCUT2D eigenvalue weighted by Gasteiger charge is -2.39. The lowest BCUT2D eigenvalue weighted by Crippen LogP contribution is -2.40. The zero-order valence-corrected chi connectivity index (χ0v) is 20.2. The Labute approximate surface area is 201 Å². The van der Waals surface area contributed by atoms with Crippen molar-refractivity contribution in [2.24, 2.45) is 14.1 Å². The van der Waals surface area contributed by atoms with E-state index in [4.69, 9.17) is 4.74 Å². The van der Waals surface area contributed by atoms with Crippen LogP contribution in [-0.4, -0.2) is 25.2 Å². The molecule has 9 nitrogen and oxygen atoms in total. The van der Waals surface area contributed by atoms with Crippen molar-refractivity contribution in [1.82, 2.24) is 13.7 Å². The molecule has 4 aromatic rings. The Balaban J connectivity index is 1.94. The summed E-state index contributed by atoms with van der Waals surface area (Å²) in [6, 6.07) is 14.1. The molecular formula is C26H26N4O5. The van der Waals surface area contributed by atoms with E-state index in [0.29, 0.717) is 28.8 Å². The minimum atomic E-state index is -0.622. The van der Waals surface area contributed by atoms with Crippen molar-refractivity contribution < 1.29 is 9.66 Å². The fraction of sp³-hybridized carbons (Fsp3) is 0.308. The second-order valence-electron chi connectivity index (χ2n) is 9.72. The Morgan fingerprint density at radius 1 is 1.00 bits per heavy atom. The van der Waals surface area contributed by atoms with Crippen LogP contribution in [0.4, 0.5) is 5.69 Å². The lowest BCUT2D eigenvalue weighted by molar-refractivity contribution is -0.384. The van der Waals surface area contributed by atoms with Crippen LogP contribution in [0.15, 0.2) is 58.1 Å². The van der Waals surface area contributed by atoms with Crippen LogP contribution in [-0.2, 0) is 24.4 Å². The quantitative estimate of drug-likeness (QED) is 0.332. The van der Waals surface area contributed by atoms with E-state index in [1.165, 1.54) is 23.7 Å². The third kappa shape index (κ3) is 3.34. The normalized spacial score (nSPS) is 16.9. The van der Waals surface area contributed by atoms with E-state index in [0.717, 1.165) is 21.4 Å². The third-order valence-corrected chi connectivity index (χ3v) is 6.80. The molecule has 9 heteroatoms. The van der Waals surface area contributed by atoms with Crippen molar-refractivity contribution in [3.05, 3.63) is 96.3 Å². The van der Waals surface area contributed by atoms with E-state index in [9.17, 15) is 19.7 Å². The van der Waals surface area contributed by atoms with Crippen molar-refractivity contribution in [2.45, 2.75) is 32.4 Å². The Kier molecular flexibility index (Phi) is 5.06. The number of rotatable bonds is 3. The van der Waals surface area contributed by atoms with Gasteiger partial charge in [0.05, 0.1) is 39.4 Å². The number of benzene rings is 2. The van der Waals surface area contributed by atoms with Gasteiger partial charge in [-0.15, -0.1) is 0 Å². The number of hydrogen-bond acceptors (Lipinski definition) is 5. The minimum Gasteiger partial charge on any atom is -0.365 e. The van der Waals surface area contributed by atoms with Gasteiger partial charge < -0.3 is 9.30 Å². The summed E-state index contributed by atoms with van der Waals surface area (Å²) in [7, 11) is 3.13. The smallest absolute Gasteiger partial charge is 0.331 e. The number of nitro benzene ring substituents is 1. The molecule has 0 saturated carbocycles. The van der Waals surface area contributed by atoms with Gasteiger partial charge in [-0.2, -0.15) is 0 Å². The maximum Gasteiger partial charge on any atom is 0.331 e. The molecule has 0 amide bonds. The molecule has 0 saturated heterocycles. The fourth-order valence-electron chi connectivity index (χ4n) is 5.01. The van der Waals surface area contributed by atoms with Crippen LogP contribution < -0.4 is 11.2 Å². The molecule has 1 aliphatic heterocycles. The molecule has 0 aliphatic carbocycles. The van der Waals surface area contributed by atoms with Crippen molar-refractivity contribution in [1.29, 1.82) is 0 Å². The van der Waals surface area contributed by atoms with E-state index in [1.54, 1.807) is 19.2 Å². The molecule has 1 aliphatic rings. The number of hydrogen-bond donors (Lipinski definition) is 0. The molecule has 0 radical (unpaired) electrons. The van der Waals surface area contributed by atoms with Gasteiger partial charge in [0, 0.05) is 26.2 Å². The number of fused-ring (bicyclic) bond motifs is 3. The van der Waals surface area contributed by atoms with Gasteiger partial charge in [-0.1, -0.05) is 29.8 Å². The zero-order valence-electron chi connectivity index (χ0n) is 20.2. The number of non-ortho nitro benzene ring substituents is 1. The molecule has 5 rings (SSSR count). The van der Waals surface area contributed by atoms with Crippen molar-refractivity contribution >= 4 is 16.6 Å². The van der Waals surface area contributed by atoms with Gasteiger partial charge >= 0.3 is 5.69 Å². The molecule has 0 N–H and O–H groups in total. The van der Waals surface area contributed by atoms with Crippen LogP contribution in [0, 0.1) is 17.0 Å². The van der Waals surface area contributed by atoms with Gasteiger partial charge in [0.15, 0.2) is 0 Å². The summed E-state index contributed by atoms with van der Waals surface area (Å²) in [5.41, 5.74) is 3.20. The van der Waals surface area contributed by atoms with Crippen LogP contribution in [0.3, 0.4) is 0 Å². The maximum atomic E-state index is 13.6. The van der Waals surface area contributed by atoms with Gasteiger partial charge in [0.1, 0.15) is 6.10 Å². The second-order valence-corrected chi connectivity index (χ2v) is 9.72. The minimum absolute atomic E-state index is 0.0215. The average molecular weight is 475 g/mol. The fourth-order valence-corrected chi connectivity index (χ4v) is 5.01. The highest BCUT2D eigenvalue weighted by Gasteiger charge is 2.40. The van der Waals surface area contributed by atoms with E-state index in [-0.39, 0.29) is 11.2 Å². The standard InChI is InChI=1S/C26H26N4O5/c1-15-6-8-16(9-7-15)20-19-21(27(4)25(32)28(5)24(19)31)22-23(35-14-26(2,3)29(20)22)17-10-12-18(13-11-17)30(33)34/h6-13,23H,14H2,1-5H3/t23-/m0/s1. The Hall–Kier alpha value is -3.98. The first-order valence-electron chi connectivity index (χ1n) is 11.3. The molecule has 2 aromatic carbocycles. The summed E-state index contributed by atoms with van der Waals surface area (Å²) in [6.45, 7) is 6.40. The summed E-state index contributed by atoms with van der Waals surface area (Å²) >= 11 is 0. The van der Waals surface area contributed by atoms with Crippen LogP contribution in [0.5, 0.6) is 0 Å². The van der Waals surface area contributed by atoms with E-state index in [1.807, 2.05) is 45.0 Å². The number of aryl methyl sites for hydroxylation is 2. The largest absolute Gasteiger partial charge is 0.365 e. The van der Waals surface area contributed by atoms with Crippen LogP contribution >= 0.6 is 0 Å². The summed E-state index contributed by atoms with van der Waals surface area (Å²) in [5, 5.41) is 11.6. The second kappa shape index (κ2) is 7.78. The van der Waals surface area contributed by atoms with Crippen LogP contribution in [0.25, 0.3) is 22.2 Å². The number of aromatic nitrogens is 3. The number of ether oxygens (including phenoxy) is 1. The van der Waals surface area contributed by atoms with Gasteiger partial charge in [0.2, 0.25) is 0 Å². The van der Waals surface area contributed by atoms with E-state index in [2.05, 4.69) is 4.57 Å². The summed E-state index contributed by atoms with van der Waals surface area (Å²) in [5.74, 6) is 0. The summed E-state index contributed by atoms with van der Waals surface area (Å²) in [6.07, 6.45) is -0.622. The monoisotopic (exact) mass is 474 g/mol. The first-order valence-corrected chi connectivity index (χ1v) is 11.3. The van der Waals surface area contributed by atoms with Gasteiger partial charge in [0.25, 0.3) is 11.2 Å². The maximum absolute atomic E-state index is 13.6. The summed E-state index contributed by atoms with van der Waals surface area (Å²) in [4.78, 5) is 37.3. The molecule has 2 aromatic heterocycles. The third-order valence-electron chi connectivity index (χ3n) is 6.80. The molecule has 3 heterocycles. The van der Waals surface area contributed by atoms with Gasteiger partial charge in [-0.25, -0.2) is 4.79 Å². The molecule has 0 bridgehead atoms. The highest BCUT2D eigenvalue weighted by Crippen LogP contribution is 2.45. The topological polar surface area (TPSA) is 101 Å². The highest BCUT2D eigenvalue weighted by molar-refractivity contribution is 5.96. The lowest BCUT2D eigenvalue weighted by atomic mass is 9.98. The van der Waals surface area contributed by atoms with Crippen molar-refractivity contribution in [3.8, 4) is 11.3 Å². The van der Waals surface area contributed by atoms with Crippen molar-refractivity contribution in [3.63, 3.8) is 0 Å². The molecule has 35 heavy (non-hydrogen) atoms. The predicted octanol–water partition coefficient (Wildman–Crippen LogP) is 3.78. The average Bonchev–Trinajstić information content (AvgIpc) is 3.20. The highest BCUT2D eigenvalue weighted by atomic mass is 16.6. The van der Waals surface area contributed by atoms with Gasteiger partial charge in [-0.3, -0.25) is 24.0 Å². The summed E-state index contributed by atoms with van der Waals surface area (Å²) < 4.78 is 11.1. The molecule has 0 unspecified atom stereocenters. The Morgan fingerprint density at radius 3 is 2.23 bits per heavy atom. The number of nitrogens with zero attached hydrogens (tertiary/aromatic N) is 4.